The molecule has 4 rings (SSSR count). The lowest BCUT2D eigenvalue weighted by molar-refractivity contribution is 0.263. The van der Waals surface area contributed by atoms with Crippen molar-refractivity contribution in [2.24, 2.45) is 0 Å². The third kappa shape index (κ3) is 1.98. The van der Waals surface area contributed by atoms with Crippen LogP contribution in [0.3, 0.4) is 0 Å². The van der Waals surface area contributed by atoms with Gasteiger partial charge in [0.2, 0.25) is 0 Å². The molecule has 0 bridgehead atoms. The second-order valence-electron chi connectivity index (χ2n) is 5.67. The SMILES string of the molecule is Cl.Nc1ncc(CN2CC3(CCC3)c3ccccc32)s1. The van der Waals surface area contributed by atoms with Gasteiger partial charge >= 0.3 is 0 Å². The number of nitrogens with two attached hydrogens (primary N) is 1. The van der Waals surface area contributed by atoms with Crippen LogP contribution in [0.25, 0.3) is 0 Å². The highest BCUT2D eigenvalue weighted by Crippen LogP contribution is 2.52. The van der Waals surface area contributed by atoms with Crippen molar-refractivity contribution >= 4 is 34.6 Å². The second-order valence-corrected chi connectivity index (χ2v) is 6.82. The van der Waals surface area contributed by atoms with Crippen LogP contribution in [-0.4, -0.2) is 11.5 Å². The van der Waals surface area contributed by atoms with Crippen LogP contribution < -0.4 is 10.6 Å². The monoisotopic (exact) mass is 307 g/mol. The molecule has 1 saturated carbocycles. The third-order valence-electron chi connectivity index (χ3n) is 4.54. The first-order valence-electron chi connectivity index (χ1n) is 6.82. The maximum Gasteiger partial charge on any atom is 0.180 e. The number of rotatable bonds is 2. The Bertz CT molecular complexity index is 621. The lowest BCUT2D eigenvalue weighted by Gasteiger charge is -2.39. The largest absolute Gasteiger partial charge is 0.375 e. The van der Waals surface area contributed by atoms with E-state index in [0.717, 1.165) is 13.1 Å². The highest BCUT2D eigenvalue weighted by molar-refractivity contribution is 7.15. The molecule has 1 aliphatic carbocycles. The van der Waals surface area contributed by atoms with Gasteiger partial charge in [-0.1, -0.05) is 24.6 Å². The Labute approximate surface area is 129 Å². The molecule has 2 N–H and O–H groups in total. The molecular formula is C15H18ClN3S. The van der Waals surface area contributed by atoms with Crippen molar-refractivity contribution in [3.05, 3.63) is 40.9 Å². The molecule has 0 amide bonds. The summed E-state index contributed by atoms with van der Waals surface area (Å²) in [4.78, 5) is 7.91. The number of para-hydroxylation sites is 1. The van der Waals surface area contributed by atoms with Gasteiger partial charge in [0.15, 0.2) is 5.13 Å². The number of aromatic nitrogens is 1. The van der Waals surface area contributed by atoms with Crippen LogP contribution in [0.1, 0.15) is 29.7 Å². The average Bonchev–Trinajstić information content (AvgIpc) is 2.92. The first-order valence-corrected chi connectivity index (χ1v) is 7.63. The van der Waals surface area contributed by atoms with Gasteiger partial charge in [-0.3, -0.25) is 0 Å². The fourth-order valence-corrected chi connectivity index (χ4v) is 4.19. The zero-order chi connectivity index (χ0) is 12.9. The zero-order valence-corrected chi connectivity index (χ0v) is 12.8. The quantitative estimate of drug-likeness (QED) is 0.922. The molecular weight excluding hydrogens is 290 g/mol. The Morgan fingerprint density at radius 1 is 1.30 bits per heavy atom. The van der Waals surface area contributed by atoms with Gasteiger partial charge in [0, 0.05) is 28.7 Å². The Balaban J connectivity index is 0.00000121. The molecule has 1 aromatic carbocycles. The molecule has 0 atom stereocenters. The summed E-state index contributed by atoms with van der Waals surface area (Å²) in [5.74, 6) is 0. The summed E-state index contributed by atoms with van der Waals surface area (Å²) in [6.07, 6.45) is 5.96. The third-order valence-corrected chi connectivity index (χ3v) is 5.35. The van der Waals surface area contributed by atoms with Crippen molar-refractivity contribution in [1.82, 2.24) is 4.98 Å². The number of fused-ring (bicyclic) bond motifs is 2. The summed E-state index contributed by atoms with van der Waals surface area (Å²) in [6.45, 7) is 2.10. The highest BCUT2D eigenvalue weighted by Gasteiger charge is 2.46. The van der Waals surface area contributed by atoms with E-state index in [1.54, 1.807) is 16.9 Å². The van der Waals surface area contributed by atoms with E-state index in [0.29, 0.717) is 10.5 Å². The van der Waals surface area contributed by atoms with E-state index in [2.05, 4.69) is 34.1 Å². The number of nitrogens with zero attached hydrogens (tertiary/aromatic N) is 2. The molecule has 1 aromatic heterocycles. The van der Waals surface area contributed by atoms with Gasteiger partial charge in [0.25, 0.3) is 0 Å². The minimum Gasteiger partial charge on any atom is -0.375 e. The van der Waals surface area contributed by atoms with Crippen LogP contribution in [-0.2, 0) is 12.0 Å². The van der Waals surface area contributed by atoms with Gasteiger partial charge in [-0.25, -0.2) is 4.98 Å². The summed E-state index contributed by atoms with van der Waals surface area (Å²) < 4.78 is 0. The first-order chi connectivity index (χ1) is 9.27. The minimum absolute atomic E-state index is 0. The molecule has 1 aliphatic heterocycles. The molecule has 3 nitrogen and oxygen atoms in total. The Morgan fingerprint density at radius 3 is 2.75 bits per heavy atom. The van der Waals surface area contributed by atoms with Gasteiger partial charge in [-0.05, 0) is 24.5 Å². The van der Waals surface area contributed by atoms with Crippen molar-refractivity contribution in [3.63, 3.8) is 0 Å². The smallest absolute Gasteiger partial charge is 0.180 e. The lowest BCUT2D eigenvalue weighted by Crippen LogP contribution is -2.39. The van der Waals surface area contributed by atoms with Gasteiger partial charge in [0.05, 0.1) is 6.54 Å². The van der Waals surface area contributed by atoms with Gasteiger partial charge < -0.3 is 10.6 Å². The predicted molar refractivity (Wildman–Crippen MR) is 86.8 cm³/mol. The standard InChI is InChI=1S/C15H17N3S.ClH/c16-14-17-8-11(19-14)9-18-10-15(6-3-7-15)12-4-1-2-5-13(12)18;/h1-2,4-5,8H,3,6-7,9-10H2,(H2,16,17);1H. The summed E-state index contributed by atoms with van der Waals surface area (Å²) >= 11 is 1.60. The molecule has 2 heterocycles. The van der Waals surface area contributed by atoms with Crippen molar-refractivity contribution < 1.29 is 0 Å². The van der Waals surface area contributed by atoms with Crippen LogP contribution in [0.4, 0.5) is 10.8 Å². The van der Waals surface area contributed by atoms with E-state index in [-0.39, 0.29) is 12.4 Å². The topological polar surface area (TPSA) is 42.1 Å². The van der Waals surface area contributed by atoms with Crippen molar-refractivity contribution in [2.75, 3.05) is 17.2 Å². The molecule has 106 valence electrons. The van der Waals surface area contributed by atoms with Gasteiger partial charge in [-0.2, -0.15) is 0 Å². The molecule has 2 aromatic rings. The molecule has 0 saturated heterocycles. The highest BCUT2D eigenvalue weighted by atomic mass is 35.5. The number of hydrogen-bond acceptors (Lipinski definition) is 4. The lowest BCUT2D eigenvalue weighted by atomic mass is 9.66. The Hall–Kier alpha value is -1.26. The first kappa shape index (κ1) is 13.7. The van der Waals surface area contributed by atoms with Crippen LogP contribution >= 0.6 is 23.7 Å². The van der Waals surface area contributed by atoms with E-state index >= 15 is 0 Å². The van der Waals surface area contributed by atoms with E-state index in [1.807, 2.05) is 6.20 Å². The molecule has 1 spiro atoms. The number of anilines is 2. The maximum absolute atomic E-state index is 5.73. The van der Waals surface area contributed by atoms with Crippen molar-refractivity contribution in [1.29, 1.82) is 0 Å². The number of halogens is 1. The van der Waals surface area contributed by atoms with Crippen molar-refractivity contribution in [2.45, 2.75) is 31.2 Å². The molecule has 5 heteroatoms. The Morgan fingerprint density at radius 2 is 2.10 bits per heavy atom. The normalized spacial score (nSPS) is 18.5. The van der Waals surface area contributed by atoms with Gasteiger partial charge in [0.1, 0.15) is 0 Å². The molecule has 0 radical (unpaired) electrons. The summed E-state index contributed by atoms with van der Waals surface area (Å²) in [6, 6.07) is 8.89. The number of hydrogen-bond donors (Lipinski definition) is 1. The molecule has 0 unspecified atom stereocenters. The predicted octanol–water partition coefficient (Wildman–Crippen LogP) is 3.59. The van der Waals surface area contributed by atoms with E-state index in [1.165, 1.54) is 29.8 Å². The fraction of sp³-hybridized carbons (Fsp3) is 0.400. The van der Waals surface area contributed by atoms with E-state index in [4.69, 9.17) is 5.73 Å². The number of benzene rings is 1. The van der Waals surface area contributed by atoms with E-state index in [9.17, 15) is 0 Å². The van der Waals surface area contributed by atoms with Crippen molar-refractivity contribution in [3.8, 4) is 0 Å². The second kappa shape index (κ2) is 4.93. The number of nitrogen functional groups attached to an aromatic ring is 1. The van der Waals surface area contributed by atoms with E-state index < -0.39 is 0 Å². The average molecular weight is 308 g/mol. The van der Waals surface area contributed by atoms with Gasteiger partial charge in [-0.15, -0.1) is 23.7 Å². The summed E-state index contributed by atoms with van der Waals surface area (Å²) in [5.41, 5.74) is 9.13. The molecule has 1 fully saturated rings. The molecule has 20 heavy (non-hydrogen) atoms. The summed E-state index contributed by atoms with van der Waals surface area (Å²) in [5, 5.41) is 0.667. The van der Waals surface area contributed by atoms with Crippen LogP contribution in [0, 0.1) is 0 Å². The zero-order valence-electron chi connectivity index (χ0n) is 11.2. The number of thiazole rings is 1. The van der Waals surface area contributed by atoms with Crippen LogP contribution in [0.15, 0.2) is 30.5 Å². The fourth-order valence-electron chi connectivity index (χ4n) is 3.49. The molecule has 2 aliphatic rings. The summed E-state index contributed by atoms with van der Waals surface area (Å²) in [7, 11) is 0. The minimum atomic E-state index is 0. The Kier molecular flexibility index (Phi) is 3.38. The van der Waals surface area contributed by atoms with Crippen LogP contribution in [0.5, 0.6) is 0 Å². The maximum atomic E-state index is 5.73. The van der Waals surface area contributed by atoms with Crippen LogP contribution in [0.2, 0.25) is 0 Å².